The quantitative estimate of drug-likeness (QED) is 0.710. The van der Waals surface area contributed by atoms with Crippen LogP contribution < -0.4 is 5.32 Å². The van der Waals surface area contributed by atoms with Crippen LogP contribution in [0.25, 0.3) is 0 Å². The van der Waals surface area contributed by atoms with Crippen LogP contribution >= 0.6 is 50.1 Å². The van der Waals surface area contributed by atoms with Crippen molar-refractivity contribution in [2.75, 3.05) is 5.32 Å². The highest BCUT2D eigenvalue weighted by Gasteiger charge is 2.09. The van der Waals surface area contributed by atoms with E-state index in [0.717, 1.165) is 8.04 Å². The minimum atomic E-state index is -0.208. The molecular weight excluding hydrogens is 430 g/mol. The summed E-state index contributed by atoms with van der Waals surface area (Å²) in [5.41, 5.74) is 1.19. The van der Waals surface area contributed by atoms with Gasteiger partial charge in [0, 0.05) is 21.5 Å². The Bertz CT molecular complexity index is 606. The van der Waals surface area contributed by atoms with Crippen LogP contribution in [0.5, 0.6) is 0 Å². The van der Waals surface area contributed by atoms with Gasteiger partial charge in [0.05, 0.1) is 15.2 Å². The normalized spacial score (nSPS) is 10.2. The van der Waals surface area contributed by atoms with Crippen LogP contribution in [0.15, 0.2) is 41.1 Å². The van der Waals surface area contributed by atoms with Crippen molar-refractivity contribution in [3.63, 3.8) is 0 Å². The van der Waals surface area contributed by atoms with Crippen molar-refractivity contribution in [1.82, 2.24) is 4.98 Å². The number of carbonyl (C=O) groups is 1. The molecule has 2 aromatic rings. The average molecular weight is 437 g/mol. The highest BCUT2D eigenvalue weighted by atomic mass is 127. The summed E-state index contributed by atoms with van der Waals surface area (Å²) < 4.78 is 1.64. The minimum absolute atomic E-state index is 0.208. The van der Waals surface area contributed by atoms with E-state index in [1.165, 1.54) is 0 Å². The van der Waals surface area contributed by atoms with Gasteiger partial charge in [-0.3, -0.25) is 9.78 Å². The van der Waals surface area contributed by atoms with Crippen molar-refractivity contribution in [2.24, 2.45) is 0 Å². The Kier molecular flexibility index (Phi) is 4.58. The summed E-state index contributed by atoms with van der Waals surface area (Å²) >= 11 is 11.4. The topological polar surface area (TPSA) is 42.0 Å². The monoisotopic (exact) mass is 436 g/mol. The summed E-state index contributed by atoms with van der Waals surface area (Å²) in [6.07, 6.45) is 3.23. The van der Waals surface area contributed by atoms with Crippen LogP contribution in [0.3, 0.4) is 0 Å². The fourth-order valence-electron chi connectivity index (χ4n) is 1.31. The third-order valence-corrected chi connectivity index (χ3v) is 4.41. The SMILES string of the molecule is O=C(Nc1ccncc1Br)c1ccc(I)c(Cl)c1. The molecule has 0 radical (unpaired) electrons. The Hall–Kier alpha value is -0.660. The van der Waals surface area contributed by atoms with Gasteiger partial charge in [0.2, 0.25) is 0 Å². The first-order chi connectivity index (χ1) is 8.58. The lowest BCUT2D eigenvalue weighted by molar-refractivity contribution is 0.102. The van der Waals surface area contributed by atoms with Crippen LogP contribution in [-0.2, 0) is 0 Å². The lowest BCUT2D eigenvalue weighted by atomic mass is 10.2. The highest BCUT2D eigenvalue weighted by molar-refractivity contribution is 14.1. The van der Waals surface area contributed by atoms with Gasteiger partial charge in [-0.25, -0.2) is 0 Å². The van der Waals surface area contributed by atoms with Crippen molar-refractivity contribution in [1.29, 1.82) is 0 Å². The second-order valence-corrected chi connectivity index (χ2v) is 5.86. The molecule has 92 valence electrons. The largest absolute Gasteiger partial charge is 0.321 e. The number of halogens is 3. The summed E-state index contributed by atoms with van der Waals surface area (Å²) in [5.74, 6) is -0.208. The molecule has 0 fully saturated rings. The number of aromatic nitrogens is 1. The van der Waals surface area contributed by atoms with Crippen molar-refractivity contribution < 1.29 is 4.79 Å². The first kappa shape index (κ1) is 13.8. The average Bonchev–Trinajstić information content (AvgIpc) is 2.35. The van der Waals surface area contributed by atoms with E-state index in [2.05, 4.69) is 48.8 Å². The fourth-order valence-corrected chi connectivity index (χ4v) is 2.17. The van der Waals surface area contributed by atoms with Crippen LogP contribution in [0.1, 0.15) is 10.4 Å². The molecule has 1 N–H and O–H groups in total. The van der Waals surface area contributed by atoms with Crippen molar-refractivity contribution in [2.45, 2.75) is 0 Å². The van der Waals surface area contributed by atoms with E-state index in [-0.39, 0.29) is 5.91 Å². The molecule has 0 bridgehead atoms. The first-order valence-corrected chi connectivity index (χ1v) is 7.19. The number of hydrogen-bond donors (Lipinski definition) is 1. The van der Waals surface area contributed by atoms with E-state index >= 15 is 0 Å². The van der Waals surface area contributed by atoms with E-state index in [9.17, 15) is 4.79 Å². The zero-order chi connectivity index (χ0) is 13.1. The molecule has 0 saturated carbocycles. The Morgan fingerprint density at radius 1 is 1.39 bits per heavy atom. The molecule has 6 heteroatoms. The smallest absolute Gasteiger partial charge is 0.255 e. The lowest BCUT2D eigenvalue weighted by Crippen LogP contribution is -2.12. The number of carbonyl (C=O) groups excluding carboxylic acids is 1. The van der Waals surface area contributed by atoms with Crippen LogP contribution in [-0.4, -0.2) is 10.9 Å². The number of hydrogen-bond acceptors (Lipinski definition) is 2. The van der Waals surface area contributed by atoms with Crippen LogP contribution in [0, 0.1) is 3.57 Å². The molecule has 18 heavy (non-hydrogen) atoms. The number of pyridine rings is 1. The Balaban J connectivity index is 2.22. The van der Waals surface area contributed by atoms with Gasteiger partial charge in [0.1, 0.15) is 0 Å². The molecule has 1 amide bonds. The minimum Gasteiger partial charge on any atom is -0.321 e. The molecule has 0 aliphatic heterocycles. The van der Waals surface area contributed by atoms with Gasteiger partial charge < -0.3 is 5.32 Å². The Morgan fingerprint density at radius 3 is 2.83 bits per heavy atom. The number of benzene rings is 1. The van der Waals surface area contributed by atoms with Gasteiger partial charge >= 0.3 is 0 Å². The second kappa shape index (κ2) is 5.99. The maximum absolute atomic E-state index is 12.0. The van der Waals surface area contributed by atoms with E-state index in [0.29, 0.717) is 16.3 Å². The predicted molar refractivity (Wildman–Crippen MR) is 84.1 cm³/mol. The number of nitrogens with one attached hydrogen (secondary N) is 1. The number of amides is 1. The molecule has 0 aliphatic rings. The Labute approximate surface area is 131 Å². The summed E-state index contributed by atoms with van der Waals surface area (Å²) in [4.78, 5) is 15.9. The van der Waals surface area contributed by atoms with Gasteiger partial charge in [-0.2, -0.15) is 0 Å². The van der Waals surface area contributed by atoms with Gasteiger partial charge in [-0.05, 0) is 62.8 Å². The van der Waals surface area contributed by atoms with E-state index in [1.807, 2.05) is 0 Å². The molecule has 1 aromatic heterocycles. The maximum atomic E-state index is 12.0. The zero-order valence-electron chi connectivity index (χ0n) is 8.95. The van der Waals surface area contributed by atoms with Crippen LogP contribution in [0.2, 0.25) is 5.02 Å². The van der Waals surface area contributed by atoms with Crippen molar-refractivity contribution in [3.05, 3.63) is 55.3 Å². The molecule has 3 nitrogen and oxygen atoms in total. The highest BCUT2D eigenvalue weighted by Crippen LogP contribution is 2.23. The fraction of sp³-hybridized carbons (Fsp3) is 0. The van der Waals surface area contributed by atoms with Gasteiger partial charge in [0.25, 0.3) is 5.91 Å². The zero-order valence-corrected chi connectivity index (χ0v) is 13.5. The second-order valence-electron chi connectivity index (χ2n) is 3.44. The predicted octanol–water partition coefficient (Wildman–Crippen LogP) is 4.35. The molecule has 2 rings (SSSR count). The van der Waals surface area contributed by atoms with Crippen molar-refractivity contribution in [3.8, 4) is 0 Å². The molecule has 0 spiro atoms. The van der Waals surface area contributed by atoms with E-state index in [1.54, 1.807) is 36.7 Å². The molecule has 0 aliphatic carbocycles. The molecule has 1 aromatic carbocycles. The first-order valence-electron chi connectivity index (χ1n) is 4.94. The molecule has 0 saturated heterocycles. The summed E-state index contributed by atoms with van der Waals surface area (Å²) in [6, 6.07) is 6.90. The van der Waals surface area contributed by atoms with E-state index < -0.39 is 0 Å². The molecular formula is C12H7BrClIN2O. The number of nitrogens with zero attached hydrogens (tertiary/aromatic N) is 1. The lowest BCUT2D eigenvalue weighted by Gasteiger charge is -2.07. The Morgan fingerprint density at radius 2 is 2.17 bits per heavy atom. The van der Waals surface area contributed by atoms with Gasteiger partial charge in [-0.15, -0.1) is 0 Å². The van der Waals surface area contributed by atoms with Gasteiger partial charge in [0.15, 0.2) is 0 Å². The molecule has 0 unspecified atom stereocenters. The van der Waals surface area contributed by atoms with E-state index in [4.69, 9.17) is 11.6 Å². The van der Waals surface area contributed by atoms with Crippen molar-refractivity contribution >= 4 is 61.7 Å². The summed E-state index contributed by atoms with van der Waals surface area (Å²) in [6.45, 7) is 0. The maximum Gasteiger partial charge on any atom is 0.255 e. The van der Waals surface area contributed by atoms with Crippen LogP contribution in [0.4, 0.5) is 5.69 Å². The number of anilines is 1. The third kappa shape index (κ3) is 3.21. The standard InChI is InChI=1S/C12H7BrClIN2O/c13-8-6-16-4-3-11(8)17-12(18)7-1-2-10(15)9(14)5-7/h1-6H,(H,16,17,18). The summed E-state index contributed by atoms with van der Waals surface area (Å²) in [5, 5.41) is 3.35. The van der Waals surface area contributed by atoms with Gasteiger partial charge in [-0.1, -0.05) is 11.6 Å². The molecule has 1 heterocycles. The summed E-state index contributed by atoms with van der Waals surface area (Å²) in [7, 11) is 0. The third-order valence-electron chi connectivity index (χ3n) is 2.20. The molecule has 0 atom stereocenters. The number of rotatable bonds is 2.